The maximum Gasteiger partial charge on any atom is 0.237 e. The molecule has 1 aromatic carbocycles. The van der Waals surface area contributed by atoms with Gasteiger partial charge >= 0.3 is 0 Å². The fraction of sp³-hybridized carbons (Fsp3) is 0.533. The first-order valence-electron chi connectivity index (χ1n) is 6.86. The molecule has 1 aliphatic rings. The molecular formula is C15H22N2O2. The van der Waals surface area contributed by atoms with Crippen LogP contribution in [-0.4, -0.2) is 31.6 Å². The molecule has 2 N–H and O–H groups in total. The van der Waals surface area contributed by atoms with Gasteiger partial charge in [-0.1, -0.05) is 18.2 Å². The smallest absolute Gasteiger partial charge is 0.237 e. The molecule has 0 spiro atoms. The van der Waals surface area contributed by atoms with Gasteiger partial charge in [-0.2, -0.15) is 0 Å². The molecule has 0 bridgehead atoms. The number of carbonyl (C=O) groups is 1. The number of para-hydroxylation sites is 1. The maximum absolute atomic E-state index is 12.0. The van der Waals surface area contributed by atoms with Crippen LogP contribution in [-0.2, 0) is 11.2 Å². The van der Waals surface area contributed by atoms with Crippen molar-refractivity contribution in [3.05, 3.63) is 29.8 Å². The third kappa shape index (κ3) is 3.70. The Morgan fingerprint density at radius 2 is 2.32 bits per heavy atom. The van der Waals surface area contributed by atoms with Gasteiger partial charge in [0.25, 0.3) is 0 Å². The van der Waals surface area contributed by atoms with E-state index in [0.29, 0.717) is 0 Å². The molecule has 2 atom stereocenters. The van der Waals surface area contributed by atoms with E-state index in [9.17, 15) is 4.79 Å². The van der Waals surface area contributed by atoms with Gasteiger partial charge in [0.2, 0.25) is 5.91 Å². The summed E-state index contributed by atoms with van der Waals surface area (Å²) in [7, 11) is 1.67. The van der Waals surface area contributed by atoms with E-state index in [4.69, 9.17) is 4.74 Å². The molecule has 4 heteroatoms. The molecule has 0 radical (unpaired) electrons. The highest BCUT2D eigenvalue weighted by molar-refractivity contribution is 5.82. The van der Waals surface area contributed by atoms with Crippen molar-refractivity contribution in [2.45, 2.75) is 38.3 Å². The van der Waals surface area contributed by atoms with Crippen molar-refractivity contribution < 1.29 is 9.53 Å². The van der Waals surface area contributed by atoms with E-state index in [1.807, 2.05) is 31.2 Å². The molecule has 4 nitrogen and oxygen atoms in total. The second kappa shape index (κ2) is 6.57. The quantitative estimate of drug-likeness (QED) is 0.845. The van der Waals surface area contributed by atoms with E-state index >= 15 is 0 Å². The highest BCUT2D eigenvalue weighted by atomic mass is 16.5. The van der Waals surface area contributed by atoms with Crippen LogP contribution in [0.2, 0.25) is 0 Å². The van der Waals surface area contributed by atoms with Crippen molar-refractivity contribution in [2.75, 3.05) is 13.7 Å². The number of carbonyl (C=O) groups excluding carboxylic acids is 1. The topological polar surface area (TPSA) is 50.4 Å². The van der Waals surface area contributed by atoms with Crippen LogP contribution in [0.1, 0.15) is 25.3 Å². The number of rotatable bonds is 5. The Bertz CT molecular complexity index is 428. The van der Waals surface area contributed by atoms with Crippen LogP contribution >= 0.6 is 0 Å². The first kappa shape index (κ1) is 13.9. The number of nitrogens with one attached hydrogen (secondary N) is 2. The van der Waals surface area contributed by atoms with Crippen molar-refractivity contribution in [1.29, 1.82) is 0 Å². The minimum absolute atomic E-state index is 0.0138. The molecule has 104 valence electrons. The summed E-state index contributed by atoms with van der Waals surface area (Å²) < 4.78 is 5.33. The molecule has 0 saturated carbocycles. The van der Waals surface area contributed by atoms with Crippen LogP contribution < -0.4 is 15.4 Å². The fourth-order valence-corrected chi connectivity index (χ4v) is 2.50. The summed E-state index contributed by atoms with van der Waals surface area (Å²) in [6.45, 7) is 2.97. The molecule has 0 aromatic heterocycles. The highest BCUT2D eigenvalue weighted by Gasteiger charge is 2.23. The third-order valence-corrected chi connectivity index (χ3v) is 3.48. The van der Waals surface area contributed by atoms with Crippen LogP contribution in [0.5, 0.6) is 5.75 Å². The van der Waals surface area contributed by atoms with Crippen LogP contribution in [0, 0.1) is 0 Å². The summed E-state index contributed by atoms with van der Waals surface area (Å²) in [5.74, 6) is 0.988. The first-order chi connectivity index (χ1) is 9.20. The largest absolute Gasteiger partial charge is 0.496 e. The lowest BCUT2D eigenvalue weighted by Crippen LogP contribution is -2.44. The van der Waals surface area contributed by atoms with Crippen LogP contribution in [0.3, 0.4) is 0 Å². The summed E-state index contributed by atoms with van der Waals surface area (Å²) in [4.78, 5) is 12.0. The van der Waals surface area contributed by atoms with Crippen molar-refractivity contribution in [1.82, 2.24) is 10.6 Å². The molecule has 1 unspecified atom stereocenters. The van der Waals surface area contributed by atoms with Crippen LogP contribution in [0.25, 0.3) is 0 Å². The second-order valence-corrected chi connectivity index (χ2v) is 5.07. The molecule has 1 fully saturated rings. The van der Waals surface area contributed by atoms with E-state index in [0.717, 1.165) is 37.1 Å². The Morgan fingerprint density at radius 1 is 1.53 bits per heavy atom. The van der Waals surface area contributed by atoms with Gasteiger partial charge in [-0.25, -0.2) is 0 Å². The maximum atomic E-state index is 12.0. The van der Waals surface area contributed by atoms with Gasteiger partial charge in [0, 0.05) is 6.04 Å². The SMILES string of the molecule is COc1ccccc1CC(C)NC(=O)[C@H]1CCCN1. The minimum Gasteiger partial charge on any atom is -0.496 e. The molecule has 19 heavy (non-hydrogen) atoms. The lowest BCUT2D eigenvalue weighted by atomic mass is 10.1. The van der Waals surface area contributed by atoms with Gasteiger partial charge in [0.15, 0.2) is 0 Å². The van der Waals surface area contributed by atoms with E-state index in [1.54, 1.807) is 7.11 Å². The first-order valence-corrected chi connectivity index (χ1v) is 6.86. The third-order valence-electron chi connectivity index (χ3n) is 3.48. The van der Waals surface area contributed by atoms with Crippen LogP contribution in [0.15, 0.2) is 24.3 Å². The fourth-order valence-electron chi connectivity index (χ4n) is 2.50. The predicted octanol–water partition coefficient (Wildman–Crippen LogP) is 1.49. The lowest BCUT2D eigenvalue weighted by molar-refractivity contribution is -0.123. The zero-order valence-electron chi connectivity index (χ0n) is 11.6. The summed E-state index contributed by atoms with van der Waals surface area (Å²) in [5.41, 5.74) is 1.12. The molecule has 1 amide bonds. The van der Waals surface area contributed by atoms with Gasteiger partial charge in [0.05, 0.1) is 13.2 Å². The van der Waals surface area contributed by atoms with Crippen molar-refractivity contribution in [2.24, 2.45) is 0 Å². The van der Waals surface area contributed by atoms with Gasteiger partial charge in [-0.05, 0) is 44.4 Å². The zero-order valence-corrected chi connectivity index (χ0v) is 11.6. The van der Waals surface area contributed by atoms with Gasteiger partial charge in [-0.15, -0.1) is 0 Å². The van der Waals surface area contributed by atoms with Gasteiger partial charge in [-0.3, -0.25) is 4.79 Å². The number of amides is 1. The van der Waals surface area contributed by atoms with Crippen LogP contribution in [0.4, 0.5) is 0 Å². The van der Waals surface area contributed by atoms with E-state index in [-0.39, 0.29) is 18.0 Å². The van der Waals surface area contributed by atoms with E-state index in [2.05, 4.69) is 10.6 Å². The summed E-state index contributed by atoms with van der Waals surface area (Å²) >= 11 is 0. The molecule has 1 saturated heterocycles. The molecule has 1 heterocycles. The van der Waals surface area contributed by atoms with Crippen molar-refractivity contribution in [3.63, 3.8) is 0 Å². The number of ether oxygens (including phenoxy) is 1. The zero-order chi connectivity index (χ0) is 13.7. The Balaban J connectivity index is 1.89. The Morgan fingerprint density at radius 3 is 3.00 bits per heavy atom. The van der Waals surface area contributed by atoms with E-state index in [1.165, 1.54) is 0 Å². The second-order valence-electron chi connectivity index (χ2n) is 5.07. The number of methoxy groups -OCH3 is 1. The predicted molar refractivity (Wildman–Crippen MR) is 75.3 cm³/mol. The normalized spacial score (nSPS) is 20.0. The average molecular weight is 262 g/mol. The number of benzene rings is 1. The Labute approximate surface area is 114 Å². The summed E-state index contributed by atoms with van der Waals surface area (Å²) in [6, 6.07) is 8.02. The number of hydrogen-bond donors (Lipinski definition) is 2. The standard InChI is InChI=1S/C15H22N2O2/c1-11(17-15(18)13-7-5-9-16-13)10-12-6-3-4-8-14(12)19-2/h3-4,6,8,11,13,16H,5,7,9-10H2,1-2H3,(H,17,18)/t11?,13-/m1/s1. The molecular weight excluding hydrogens is 240 g/mol. The lowest BCUT2D eigenvalue weighted by Gasteiger charge is -2.18. The molecule has 0 aliphatic carbocycles. The molecule has 1 aliphatic heterocycles. The Hall–Kier alpha value is -1.55. The highest BCUT2D eigenvalue weighted by Crippen LogP contribution is 2.19. The van der Waals surface area contributed by atoms with Gasteiger partial charge < -0.3 is 15.4 Å². The summed E-state index contributed by atoms with van der Waals surface area (Å²) in [5, 5.41) is 6.28. The number of hydrogen-bond acceptors (Lipinski definition) is 3. The molecule has 2 rings (SSSR count). The van der Waals surface area contributed by atoms with E-state index < -0.39 is 0 Å². The van der Waals surface area contributed by atoms with Gasteiger partial charge in [0.1, 0.15) is 5.75 Å². The van der Waals surface area contributed by atoms with Crippen molar-refractivity contribution in [3.8, 4) is 5.75 Å². The average Bonchev–Trinajstić information content (AvgIpc) is 2.93. The van der Waals surface area contributed by atoms with Crippen molar-refractivity contribution >= 4 is 5.91 Å². The monoisotopic (exact) mass is 262 g/mol. The molecule has 1 aromatic rings. The summed E-state index contributed by atoms with van der Waals surface area (Å²) in [6.07, 6.45) is 2.80. The minimum atomic E-state index is -0.0138. The Kier molecular flexibility index (Phi) is 4.80.